The highest BCUT2D eigenvalue weighted by Crippen LogP contribution is 2.30. The van der Waals surface area contributed by atoms with Gasteiger partial charge in [0.15, 0.2) is 5.16 Å². The summed E-state index contributed by atoms with van der Waals surface area (Å²) in [7, 11) is 0. The second-order valence-corrected chi connectivity index (χ2v) is 5.28. The van der Waals surface area contributed by atoms with E-state index in [1.807, 2.05) is 25.1 Å². The van der Waals surface area contributed by atoms with Crippen molar-refractivity contribution in [3.8, 4) is 0 Å². The molecule has 0 bridgehead atoms. The molecule has 0 saturated carbocycles. The minimum absolute atomic E-state index is 0.0266. The largest absolute Gasteiger partial charge is 0.324 e. The molecular weight excluding hydrogens is 288 g/mol. The normalized spacial score (nSPS) is 12.7. The predicted molar refractivity (Wildman–Crippen MR) is 67.3 cm³/mol. The van der Waals surface area contributed by atoms with Crippen molar-refractivity contribution >= 4 is 27.7 Å². The maximum atomic E-state index is 5.84. The maximum absolute atomic E-state index is 5.84. The predicted octanol–water partition coefficient (Wildman–Crippen LogP) is 2.74. The molecule has 1 atom stereocenters. The Bertz CT molecular complexity index is 470. The average Bonchev–Trinajstić information content (AvgIpc) is 2.70. The van der Waals surface area contributed by atoms with E-state index >= 15 is 0 Å². The molecule has 0 radical (unpaired) electrons. The number of aromatic nitrogens is 3. The average molecular weight is 299 g/mol. The standard InChI is InChI=1S/C10H11BrN4S/c1-6(12)8-3-2-7(4-9(8)11)16-10-13-5-14-15-10/h2-6H,12H2,1H3,(H,13,14,15). The summed E-state index contributed by atoms with van der Waals surface area (Å²) in [6.45, 7) is 1.96. The first-order chi connectivity index (χ1) is 7.66. The third-order valence-electron chi connectivity index (χ3n) is 2.07. The zero-order chi connectivity index (χ0) is 11.5. The van der Waals surface area contributed by atoms with Gasteiger partial charge >= 0.3 is 0 Å². The van der Waals surface area contributed by atoms with E-state index in [0.717, 1.165) is 20.1 Å². The number of aromatic amines is 1. The molecule has 3 N–H and O–H groups in total. The molecule has 0 aliphatic rings. The van der Waals surface area contributed by atoms with E-state index in [9.17, 15) is 0 Å². The lowest BCUT2D eigenvalue weighted by atomic mass is 10.1. The van der Waals surface area contributed by atoms with Gasteiger partial charge in [0.1, 0.15) is 6.33 Å². The van der Waals surface area contributed by atoms with Gasteiger partial charge in [-0.15, -0.1) is 0 Å². The van der Waals surface area contributed by atoms with E-state index in [1.54, 1.807) is 0 Å². The molecule has 2 aromatic rings. The molecule has 4 nitrogen and oxygen atoms in total. The Morgan fingerprint density at radius 2 is 2.31 bits per heavy atom. The quantitative estimate of drug-likeness (QED) is 0.914. The molecule has 0 spiro atoms. The van der Waals surface area contributed by atoms with Crippen molar-refractivity contribution in [1.82, 2.24) is 15.2 Å². The Morgan fingerprint density at radius 1 is 1.50 bits per heavy atom. The van der Waals surface area contributed by atoms with Gasteiger partial charge in [-0.3, -0.25) is 5.10 Å². The Balaban J connectivity index is 2.21. The van der Waals surface area contributed by atoms with Crippen LogP contribution in [0.1, 0.15) is 18.5 Å². The van der Waals surface area contributed by atoms with Crippen LogP contribution >= 0.6 is 27.7 Å². The highest BCUT2D eigenvalue weighted by molar-refractivity contribution is 9.10. The van der Waals surface area contributed by atoms with Gasteiger partial charge < -0.3 is 5.73 Å². The fourth-order valence-electron chi connectivity index (χ4n) is 1.30. The first-order valence-electron chi connectivity index (χ1n) is 4.75. The minimum Gasteiger partial charge on any atom is -0.324 e. The van der Waals surface area contributed by atoms with Crippen LogP contribution in [0.4, 0.5) is 0 Å². The molecule has 0 amide bonds. The number of nitrogens with one attached hydrogen (secondary N) is 1. The Kier molecular flexibility index (Phi) is 3.63. The first kappa shape index (κ1) is 11.6. The molecule has 6 heteroatoms. The monoisotopic (exact) mass is 298 g/mol. The lowest BCUT2D eigenvalue weighted by Gasteiger charge is -2.09. The number of hydrogen-bond donors (Lipinski definition) is 2. The molecule has 0 aliphatic heterocycles. The molecule has 0 fully saturated rings. The molecule has 1 heterocycles. The van der Waals surface area contributed by atoms with E-state index < -0.39 is 0 Å². The molecular formula is C10H11BrN4S. The van der Waals surface area contributed by atoms with Crippen LogP contribution in [-0.4, -0.2) is 15.2 Å². The van der Waals surface area contributed by atoms with Crippen LogP contribution in [0.2, 0.25) is 0 Å². The van der Waals surface area contributed by atoms with Crippen LogP contribution in [0, 0.1) is 0 Å². The van der Waals surface area contributed by atoms with Crippen LogP contribution in [0.15, 0.2) is 39.1 Å². The lowest BCUT2D eigenvalue weighted by Crippen LogP contribution is -2.05. The zero-order valence-corrected chi connectivity index (χ0v) is 11.0. The summed E-state index contributed by atoms with van der Waals surface area (Å²) < 4.78 is 1.02. The van der Waals surface area contributed by atoms with Gasteiger partial charge in [0.25, 0.3) is 0 Å². The fourth-order valence-corrected chi connectivity index (χ4v) is 2.92. The van der Waals surface area contributed by atoms with Crippen LogP contribution in [0.25, 0.3) is 0 Å². The van der Waals surface area contributed by atoms with E-state index in [-0.39, 0.29) is 6.04 Å². The number of nitrogens with zero attached hydrogens (tertiary/aromatic N) is 2. The summed E-state index contributed by atoms with van der Waals surface area (Å²) in [5, 5.41) is 7.38. The molecule has 0 aliphatic carbocycles. The maximum Gasteiger partial charge on any atom is 0.188 e. The molecule has 1 aromatic carbocycles. The molecule has 1 unspecified atom stereocenters. The van der Waals surface area contributed by atoms with Gasteiger partial charge in [0, 0.05) is 15.4 Å². The molecule has 16 heavy (non-hydrogen) atoms. The Labute approximate surface area is 106 Å². The van der Waals surface area contributed by atoms with Gasteiger partial charge in [0.05, 0.1) is 0 Å². The SMILES string of the molecule is CC(N)c1ccc(Sc2ncn[nH]2)cc1Br. The van der Waals surface area contributed by atoms with Gasteiger partial charge in [-0.1, -0.05) is 33.8 Å². The van der Waals surface area contributed by atoms with E-state index in [4.69, 9.17) is 5.73 Å². The number of benzene rings is 1. The molecule has 2 rings (SSSR count). The second-order valence-electron chi connectivity index (χ2n) is 3.36. The number of rotatable bonds is 3. The van der Waals surface area contributed by atoms with Crippen LogP contribution in [0.5, 0.6) is 0 Å². The topological polar surface area (TPSA) is 67.6 Å². The number of hydrogen-bond acceptors (Lipinski definition) is 4. The number of nitrogens with two attached hydrogens (primary N) is 1. The summed E-state index contributed by atoms with van der Waals surface area (Å²) in [5.74, 6) is 0. The third kappa shape index (κ3) is 2.63. The highest BCUT2D eigenvalue weighted by atomic mass is 79.9. The van der Waals surface area contributed by atoms with Crippen LogP contribution in [0.3, 0.4) is 0 Å². The summed E-state index contributed by atoms with van der Waals surface area (Å²) >= 11 is 5.04. The van der Waals surface area contributed by atoms with Crippen molar-refractivity contribution in [2.24, 2.45) is 5.73 Å². The zero-order valence-electron chi connectivity index (χ0n) is 8.64. The summed E-state index contributed by atoms with van der Waals surface area (Å²) in [6, 6.07) is 6.11. The summed E-state index contributed by atoms with van der Waals surface area (Å²) in [6.07, 6.45) is 1.49. The van der Waals surface area contributed by atoms with E-state index in [2.05, 4.69) is 31.1 Å². The fraction of sp³-hybridized carbons (Fsp3) is 0.200. The van der Waals surface area contributed by atoms with E-state index in [0.29, 0.717) is 0 Å². The second kappa shape index (κ2) is 4.99. The Morgan fingerprint density at radius 3 is 2.88 bits per heavy atom. The third-order valence-corrected chi connectivity index (χ3v) is 3.64. The van der Waals surface area contributed by atoms with Gasteiger partial charge in [-0.2, -0.15) is 5.10 Å². The van der Waals surface area contributed by atoms with E-state index in [1.165, 1.54) is 18.1 Å². The van der Waals surface area contributed by atoms with Gasteiger partial charge in [0.2, 0.25) is 0 Å². The molecule has 0 saturated heterocycles. The van der Waals surface area contributed by atoms with Gasteiger partial charge in [-0.25, -0.2) is 4.98 Å². The van der Waals surface area contributed by atoms with Crippen molar-refractivity contribution in [2.45, 2.75) is 23.0 Å². The summed E-state index contributed by atoms with van der Waals surface area (Å²) in [4.78, 5) is 5.15. The highest BCUT2D eigenvalue weighted by Gasteiger charge is 2.07. The first-order valence-corrected chi connectivity index (χ1v) is 6.36. The van der Waals surface area contributed by atoms with Crippen molar-refractivity contribution in [3.63, 3.8) is 0 Å². The number of halogens is 1. The van der Waals surface area contributed by atoms with Crippen molar-refractivity contribution in [2.75, 3.05) is 0 Å². The molecule has 84 valence electrons. The van der Waals surface area contributed by atoms with Crippen molar-refractivity contribution in [3.05, 3.63) is 34.6 Å². The molecule has 1 aromatic heterocycles. The minimum atomic E-state index is 0.0266. The summed E-state index contributed by atoms with van der Waals surface area (Å²) in [5.41, 5.74) is 6.93. The Hall–Kier alpha value is -0.850. The van der Waals surface area contributed by atoms with Crippen molar-refractivity contribution in [1.29, 1.82) is 0 Å². The lowest BCUT2D eigenvalue weighted by molar-refractivity contribution is 0.811. The van der Waals surface area contributed by atoms with Crippen LogP contribution in [-0.2, 0) is 0 Å². The van der Waals surface area contributed by atoms with Crippen molar-refractivity contribution < 1.29 is 0 Å². The smallest absolute Gasteiger partial charge is 0.188 e. The number of H-pyrrole nitrogens is 1. The van der Waals surface area contributed by atoms with Crippen LogP contribution < -0.4 is 5.73 Å². The van der Waals surface area contributed by atoms with Gasteiger partial charge in [-0.05, 0) is 24.6 Å².